The quantitative estimate of drug-likeness (QED) is 0.462. The molecule has 0 spiro atoms. The van der Waals surface area contributed by atoms with Crippen molar-refractivity contribution in [3.05, 3.63) is 0 Å². The summed E-state index contributed by atoms with van der Waals surface area (Å²) in [6.07, 6.45) is 0.145. The normalized spacial score (nSPS) is 25.7. The van der Waals surface area contributed by atoms with E-state index in [1.54, 1.807) is 0 Å². The van der Waals surface area contributed by atoms with Gasteiger partial charge in [0.25, 0.3) is 0 Å². The van der Waals surface area contributed by atoms with Crippen LogP contribution in [-0.2, 0) is 4.74 Å². The summed E-state index contributed by atoms with van der Waals surface area (Å²) < 4.78 is 5.72. The van der Waals surface area contributed by atoms with Crippen LogP contribution in [0.3, 0.4) is 0 Å². The first kappa shape index (κ1) is 16.2. The van der Waals surface area contributed by atoms with Crippen molar-refractivity contribution in [2.24, 2.45) is 0 Å². The van der Waals surface area contributed by atoms with Gasteiger partial charge in [-0.1, -0.05) is 11.6 Å². The summed E-state index contributed by atoms with van der Waals surface area (Å²) in [5.41, 5.74) is 0.0231. The molecule has 1 N–H and O–H groups in total. The van der Waals surface area contributed by atoms with Crippen molar-refractivity contribution < 1.29 is 14.3 Å². The number of hydrogen-bond donors (Lipinski definition) is 1. The van der Waals surface area contributed by atoms with Crippen molar-refractivity contribution in [1.82, 2.24) is 0 Å². The minimum atomic E-state index is -0.171. The van der Waals surface area contributed by atoms with Crippen LogP contribution in [0.4, 0.5) is 0 Å². The van der Waals surface area contributed by atoms with E-state index >= 15 is 0 Å². The highest BCUT2D eigenvalue weighted by Crippen LogP contribution is 2.23. The molecule has 0 aromatic carbocycles. The highest BCUT2D eigenvalue weighted by Gasteiger charge is 2.30. The fourth-order valence-electron chi connectivity index (χ4n) is 1.78. The number of ether oxygens (including phenoxy) is 1. The largest absolute Gasteiger partial charge is 0.388 e. The fourth-order valence-corrected chi connectivity index (χ4v) is 1.94. The zero-order valence-electron chi connectivity index (χ0n) is 11.2. The zero-order chi connectivity index (χ0) is 12.8. The third-order valence-electron chi connectivity index (χ3n) is 3.30. The zero-order valence-corrected chi connectivity index (χ0v) is 12.0. The van der Waals surface area contributed by atoms with Gasteiger partial charge >= 0.3 is 0 Å². The van der Waals surface area contributed by atoms with Crippen molar-refractivity contribution in [2.45, 2.75) is 52.4 Å². The minimum Gasteiger partial charge on any atom is -0.388 e. The number of likely N-dealkylation sites (N-methyl/N-ethyl adjacent to an activating group) is 1. The summed E-state index contributed by atoms with van der Waals surface area (Å²) in [6, 6.07) is 0. The predicted octanol–water partition coefficient (Wildman–Crippen LogP) is 2.21. The van der Waals surface area contributed by atoms with Crippen LogP contribution in [0, 0.1) is 0 Å². The molecule has 1 rings (SSSR count). The molecule has 3 nitrogen and oxygen atoms in total. The maximum absolute atomic E-state index is 9.27. The van der Waals surface area contributed by atoms with Gasteiger partial charge in [0.05, 0.1) is 25.7 Å². The van der Waals surface area contributed by atoms with Gasteiger partial charge in [-0.3, -0.25) is 0 Å². The number of aliphatic hydroxyl groups excluding tert-OH is 1. The molecule has 1 aliphatic heterocycles. The Kier molecular flexibility index (Phi) is 7.57. The van der Waals surface area contributed by atoms with E-state index in [2.05, 4.69) is 25.5 Å². The lowest BCUT2D eigenvalue weighted by atomic mass is 10.2. The van der Waals surface area contributed by atoms with Crippen molar-refractivity contribution in [1.29, 1.82) is 0 Å². The van der Waals surface area contributed by atoms with Crippen molar-refractivity contribution in [3.8, 4) is 0 Å². The standard InChI is InChI=1S/C9H22NO.C3H5ClO/c1-5-10(6-2,7-3)8-9(4)11;1-2-3(4)5-2/h9,11H,5-8H2,1-4H3;2-3H,1H3/q+1;. The minimum absolute atomic E-state index is 0.0231. The van der Waals surface area contributed by atoms with Gasteiger partial charge in [0.2, 0.25) is 0 Å². The molecular formula is C12H27ClNO2+. The molecule has 0 bridgehead atoms. The second kappa shape index (κ2) is 7.49. The summed E-state index contributed by atoms with van der Waals surface area (Å²) in [5, 5.41) is 9.27. The van der Waals surface area contributed by atoms with Crippen LogP contribution in [0.2, 0.25) is 0 Å². The topological polar surface area (TPSA) is 32.8 Å². The molecule has 1 heterocycles. The highest BCUT2D eigenvalue weighted by atomic mass is 35.5. The summed E-state index contributed by atoms with van der Waals surface area (Å²) in [5.74, 6) is 0. The van der Waals surface area contributed by atoms with E-state index in [1.165, 1.54) is 0 Å². The van der Waals surface area contributed by atoms with Gasteiger partial charge in [-0.2, -0.15) is 0 Å². The molecule has 0 aromatic rings. The second-order valence-electron chi connectivity index (χ2n) is 4.51. The van der Waals surface area contributed by atoms with E-state index in [0.717, 1.165) is 30.7 Å². The molecule has 0 saturated carbocycles. The van der Waals surface area contributed by atoms with Gasteiger partial charge in [-0.15, -0.1) is 0 Å². The number of rotatable bonds is 5. The predicted molar refractivity (Wildman–Crippen MR) is 68.6 cm³/mol. The highest BCUT2D eigenvalue weighted by molar-refractivity contribution is 6.21. The third-order valence-corrected chi connectivity index (χ3v) is 3.76. The Labute approximate surface area is 105 Å². The van der Waals surface area contributed by atoms with Crippen molar-refractivity contribution in [2.75, 3.05) is 26.2 Å². The number of alkyl halides is 1. The first-order valence-electron chi connectivity index (χ1n) is 6.23. The van der Waals surface area contributed by atoms with E-state index in [0.29, 0.717) is 6.10 Å². The fraction of sp³-hybridized carbons (Fsp3) is 1.00. The molecule has 1 saturated heterocycles. The van der Waals surface area contributed by atoms with Crippen LogP contribution in [0.1, 0.15) is 34.6 Å². The molecule has 1 aliphatic rings. The van der Waals surface area contributed by atoms with Gasteiger partial charge in [0.15, 0.2) is 5.56 Å². The average molecular weight is 253 g/mol. The Morgan fingerprint density at radius 3 is 1.62 bits per heavy atom. The average Bonchev–Trinajstić information content (AvgIpc) is 2.89. The molecule has 1 fully saturated rings. The number of quaternary nitrogens is 1. The van der Waals surface area contributed by atoms with Crippen LogP contribution in [0.15, 0.2) is 0 Å². The van der Waals surface area contributed by atoms with Crippen LogP contribution in [0.25, 0.3) is 0 Å². The molecular weight excluding hydrogens is 226 g/mol. The first-order chi connectivity index (χ1) is 7.40. The Morgan fingerprint density at radius 1 is 1.25 bits per heavy atom. The SMILES string of the molecule is CC1OC1Cl.CC[N+](CC)(CC)CC(C)O. The van der Waals surface area contributed by atoms with E-state index in [4.69, 9.17) is 11.6 Å². The van der Waals surface area contributed by atoms with Crippen molar-refractivity contribution >= 4 is 11.6 Å². The maximum Gasteiger partial charge on any atom is 0.157 e. The first-order valence-corrected chi connectivity index (χ1v) is 6.67. The molecule has 0 aliphatic carbocycles. The monoisotopic (exact) mass is 252 g/mol. The molecule has 4 heteroatoms. The van der Waals surface area contributed by atoms with Crippen LogP contribution < -0.4 is 0 Å². The van der Waals surface area contributed by atoms with Crippen molar-refractivity contribution in [3.63, 3.8) is 0 Å². The van der Waals surface area contributed by atoms with E-state index in [9.17, 15) is 5.11 Å². The molecule has 0 radical (unpaired) electrons. The summed E-state index contributed by atoms with van der Waals surface area (Å²) >= 11 is 5.31. The van der Waals surface area contributed by atoms with E-state index in [1.807, 2.05) is 13.8 Å². The lowest BCUT2D eigenvalue weighted by Gasteiger charge is -2.36. The molecule has 0 amide bonds. The third kappa shape index (κ3) is 6.04. The molecule has 98 valence electrons. The van der Waals surface area contributed by atoms with Gasteiger partial charge in [-0.25, -0.2) is 0 Å². The van der Waals surface area contributed by atoms with Gasteiger partial charge in [0.1, 0.15) is 12.6 Å². The Bertz CT molecular complexity index is 170. The number of epoxide rings is 1. The van der Waals surface area contributed by atoms with Gasteiger partial charge in [0, 0.05) is 0 Å². The number of hydrogen-bond acceptors (Lipinski definition) is 2. The number of aliphatic hydroxyl groups is 1. The molecule has 3 atom stereocenters. The Balaban J connectivity index is 0.000000368. The lowest BCUT2D eigenvalue weighted by Crippen LogP contribution is -2.51. The number of nitrogens with zero attached hydrogens (tertiary/aromatic N) is 1. The molecule has 16 heavy (non-hydrogen) atoms. The lowest BCUT2D eigenvalue weighted by molar-refractivity contribution is -0.925. The van der Waals surface area contributed by atoms with Crippen LogP contribution >= 0.6 is 11.6 Å². The second-order valence-corrected chi connectivity index (χ2v) is 4.94. The summed E-state index contributed by atoms with van der Waals surface area (Å²) in [6.45, 7) is 14.6. The van der Waals surface area contributed by atoms with E-state index < -0.39 is 0 Å². The van der Waals surface area contributed by atoms with Crippen LogP contribution in [0.5, 0.6) is 0 Å². The van der Waals surface area contributed by atoms with Gasteiger partial charge < -0.3 is 14.3 Å². The Morgan fingerprint density at radius 2 is 1.56 bits per heavy atom. The summed E-state index contributed by atoms with van der Waals surface area (Å²) in [4.78, 5) is 0. The molecule has 3 unspecified atom stereocenters. The Hall–Kier alpha value is 0.170. The smallest absolute Gasteiger partial charge is 0.157 e. The number of halogens is 1. The molecule has 0 aromatic heterocycles. The van der Waals surface area contributed by atoms with Crippen LogP contribution in [-0.4, -0.2) is 53.5 Å². The van der Waals surface area contributed by atoms with Gasteiger partial charge in [-0.05, 0) is 34.6 Å². The van der Waals surface area contributed by atoms with E-state index in [-0.39, 0.29) is 11.7 Å². The maximum atomic E-state index is 9.27. The summed E-state index contributed by atoms with van der Waals surface area (Å²) in [7, 11) is 0.